The number of nitrogens with two attached hydrogens (primary N) is 1. The molecule has 1 unspecified atom stereocenters. The summed E-state index contributed by atoms with van der Waals surface area (Å²) in [6.45, 7) is 5.84. The summed E-state index contributed by atoms with van der Waals surface area (Å²) in [5.74, 6) is 0.276. The Balaban J connectivity index is 2.73. The zero-order chi connectivity index (χ0) is 13.1. The molecule has 0 radical (unpaired) electrons. The Morgan fingerprint density at radius 1 is 1.24 bits per heavy atom. The van der Waals surface area contributed by atoms with Gasteiger partial charge in [0.25, 0.3) is 0 Å². The first-order valence-electron chi connectivity index (χ1n) is 5.82. The van der Waals surface area contributed by atoms with Gasteiger partial charge >= 0.3 is 0 Å². The van der Waals surface area contributed by atoms with Crippen molar-refractivity contribution < 1.29 is 8.42 Å². The summed E-state index contributed by atoms with van der Waals surface area (Å²) in [5.41, 5.74) is 8.74. The molecule has 0 aliphatic rings. The van der Waals surface area contributed by atoms with Gasteiger partial charge in [-0.1, -0.05) is 18.2 Å². The molecule has 0 fully saturated rings. The fourth-order valence-electron chi connectivity index (χ4n) is 1.58. The maximum atomic E-state index is 11.8. The minimum atomic E-state index is -3.04. The van der Waals surface area contributed by atoms with Crippen molar-refractivity contribution in [1.29, 1.82) is 0 Å². The molecule has 0 aliphatic heterocycles. The van der Waals surface area contributed by atoms with Crippen LogP contribution in [-0.2, 0) is 15.6 Å². The second-order valence-corrected chi connectivity index (χ2v) is 6.96. The van der Waals surface area contributed by atoms with Crippen LogP contribution in [-0.4, -0.2) is 20.2 Å². The summed E-state index contributed by atoms with van der Waals surface area (Å²) >= 11 is 0. The Morgan fingerprint density at radius 3 is 2.41 bits per heavy atom. The molecule has 0 spiro atoms. The zero-order valence-corrected chi connectivity index (χ0v) is 11.5. The van der Waals surface area contributed by atoms with Gasteiger partial charge in [0.15, 0.2) is 9.84 Å². The number of benzene rings is 1. The highest BCUT2D eigenvalue weighted by Gasteiger charge is 2.13. The molecule has 0 aromatic heterocycles. The lowest BCUT2D eigenvalue weighted by molar-refractivity contribution is 0.586. The molecule has 1 aromatic carbocycles. The summed E-state index contributed by atoms with van der Waals surface area (Å²) in [6, 6.07) is 5.72. The van der Waals surface area contributed by atoms with Crippen LogP contribution < -0.4 is 5.73 Å². The van der Waals surface area contributed by atoms with Crippen LogP contribution in [0.4, 0.5) is 0 Å². The van der Waals surface area contributed by atoms with Gasteiger partial charge in [-0.15, -0.1) is 0 Å². The van der Waals surface area contributed by atoms with Gasteiger partial charge in [0.2, 0.25) is 0 Å². The second-order valence-electron chi connectivity index (χ2n) is 4.78. The van der Waals surface area contributed by atoms with Crippen LogP contribution in [0.5, 0.6) is 0 Å². The number of sulfone groups is 1. The smallest absolute Gasteiger partial charge is 0.154 e. The Labute approximate surface area is 104 Å². The van der Waals surface area contributed by atoms with Crippen molar-refractivity contribution in [2.45, 2.75) is 39.0 Å². The van der Waals surface area contributed by atoms with Crippen LogP contribution in [0.1, 0.15) is 30.0 Å². The molecule has 96 valence electrons. The van der Waals surface area contributed by atoms with Crippen LogP contribution in [0.25, 0.3) is 0 Å². The molecule has 1 rings (SSSR count). The lowest BCUT2D eigenvalue weighted by Gasteiger charge is -2.08. The minimum absolute atomic E-state index is 0.0653. The van der Waals surface area contributed by atoms with Gasteiger partial charge < -0.3 is 5.73 Å². The van der Waals surface area contributed by atoms with Crippen molar-refractivity contribution >= 4 is 9.84 Å². The van der Waals surface area contributed by atoms with Crippen molar-refractivity contribution in [3.63, 3.8) is 0 Å². The third-order valence-corrected chi connectivity index (χ3v) is 4.47. The van der Waals surface area contributed by atoms with Crippen molar-refractivity contribution in [3.05, 3.63) is 34.9 Å². The van der Waals surface area contributed by atoms with Gasteiger partial charge in [0, 0.05) is 6.04 Å². The SMILES string of the molecule is Cc1ccc(CS(=O)(=O)CCC(C)N)cc1C. The minimum Gasteiger partial charge on any atom is -0.328 e. The van der Waals surface area contributed by atoms with Gasteiger partial charge in [-0.3, -0.25) is 0 Å². The van der Waals surface area contributed by atoms with E-state index < -0.39 is 9.84 Å². The standard InChI is InChI=1S/C13H21NO2S/c1-10-4-5-13(8-11(10)2)9-17(15,16)7-6-12(3)14/h4-5,8,12H,6-7,9,14H2,1-3H3. The summed E-state index contributed by atoms with van der Waals surface area (Å²) in [6.07, 6.45) is 0.521. The highest BCUT2D eigenvalue weighted by atomic mass is 32.2. The third kappa shape index (κ3) is 4.88. The Hall–Kier alpha value is -0.870. The van der Waals surface area contributed by atoms with Crippen molar-refractivity contribution in [2.24, 2.45) is 5.73 Å². The largest absolute Gasteiger partial charge is 0.328 e. The average Bonchev–Trinajstić information content (AvgIpc) is 2.21. The molecule has 1 atom stereocenters. The first-order valence-corrected chi connectivity index (χ1v) is 7.64. The van der Waals surface area contributed by atoms with E-state index in [1.165, 1.54) is 5.56 Å². The number of aryl methyl sites for hydroxylation is 2. The number of hydrogen-bond donors (Lipinski definition) is 1. The molecule has 4 heteroatoms. The molecule has 2 N–H and O–H groups in total. The molecule has 0 amide bonds. The highest BCUT2D eigenvalue weighted by Crippen LogP contribution is 2.13. The fourth-order valence-corrected chi connectivity index (χ4v) is 3.15. The summed E-state index contributed by atoms with van der Waals surface area (Å²) in [5, 5.41) is 0. The maximum absolute atomic E-state index is 11.8. The van der Waals surface area contributed by atoms with E-state index in [2.05, 4.69) is 0 Å². The predicted molar refractivity (Wildman–Crippen MR) is 71.7 cm³/mol. The Kier molecular flexibility index (Phi) is 4.71. The molecular formula is C13H21NO2S. The van der Waals surface area contributed by atoms with Crippen LogP contribution in [0.2, 0.25) is 0 Å². The summed E-state index contributed by atoms with van der Waals surface area (Å²) in [4.78, 5) is 0. The molecule has 1 aromatic rings. The Morgan fingerprint density at radius 2 is 1.88 bits per heavy atom. The van der Waals surface area contributed by atoms with E-state index in [-0.39, 0.29) is 17.5 Å². The van der Waals surface area contributed by atoms with E-state index in [4.69, 9.17) is 5.73 Å². The first kappa shape index (κ1) is 14.2. The van der Waals surface area contributed by atoms with Crippen molar-refractivity contribution in [3.8, 4) is 0 Å². The van der Waals surface area contributed by atoms with Crippen LogP contribution in [0.15, 0.2) is 18.2 Å². The van der Waals surface area contributed by atoms with Crippen LogP contribution in [0, 0.1) is 13.8 Å². The monoisotopic (exact) mass is 255 g/mol. The van der Waals surface area contributed by atoms with Crippen molar-refractivity contribution in [2.75, 3.05) is 5.75 Å². The quantitative estimate of drug-likeness (QED) is 0.875. The van der Waals surface area contributed by atoms with E-state index in [0.29, 0.717) is 6.42 Å². The highest BCUT2D eigenvalue weighted by molar-refractivity contribution is 7.90. The first-order chi connectivity index (χ1) is 7.80. The molecule has 0 saturated carbocycles. The molecule has 0 saturated heterocycles. The third-order valence-electron chi connectivity index (χ3n) is 2.84. The van der Waals surface area contributed by atoms with Gasteiger partial charge in [-0.2, -0.15) is 0 Å². The van der Waals surface area contributed by atoms with E-state index in [0.717, 1.165) is 11.1 Å². The van der Waals surface area contributed by atoms with E-state index >= 15 is 0 Å². The predicted octanol–water partition coefficient (Wildman–Crippen LogP) is 1.96. The maximum Gasteiger partial charge on any atom is 0.154 e. The Bertz CT molecular complexity index is 478. The molecule has 0 heterocycles. The molecule has 3 nitrogen and oxygen atoms in total. The molecule has 0 aliphatic carbocycles. The second kappa shape index (κ2) is 5.65. The molecular weight excluding hydrogens is 234 g/mol. The van der Waals surface area contributed by atoms with E-state index in [1.54, 1.807) is 0 Å². The number of hydrogen-bond acceptors (Lipinski definition) is 3. The van der Waals surface area contributed by atoms with Gasteiger partial charge in [0.05, 0.1) is 11.5 Å². The van der Waals surface area contributed by atoms with Gasteiger partial charge in [0.1, 0.15) is 0 Å². The lowest BCUT2D eigenvalue weighted by atomic mass is 10.1. The topological polar surface area (TPSA) is 60.2 Å². The van der Waals surface area contributed by atoms with E-state index in [1.807, 2.05) is 39.0 Å². The van der Waals surface area contributed by atoms with E-state index in [9.17, 15) is 8.42 Å². The average molecular weight is 255 g/mol. The van der Waals surface area contributed by atoms with Gasteiger partial charge in [-0.25, -0.2) is 8.42 Å². The normalized spacial score (nSPS) is 13.6. The zero-order valence-electron chi connectivity index (χ0n) is 10.7. The van der Waals surface area contributed by atoms with Gasteiger partial charge in [-0.05, 0) is 43.9 Å². The number of rotatable bonds is 5. The van der Waals surface area contributed by atoms with Crippen molar-refractivity contribution in [1.82, 2.24) is 0 Å². The van der Waals surface area contributed by atoms with Crippen LogP contribution >= 0.6 is 0 Å². The lowest BCUT2D eigenvalue weighted by Crippen LogP contribution is -2.20. The fraction of sp³-hybridized carbons (Fsp3) is 0.538. The summed E-state index contributed by atoms with van der Waals surface area (Å²) in [7, 11) is -3.04. The summed E-state index contributed by atoms with van der Waals surface area (Å²) < 4.78 is 23.7. The molecule has 17 heavy (non-hydrogen) atoms. The van der Waals surface area contributed by atoms with Crippen LogP contribution in [0.3, 0.4) is 0 Å². The molecule has 0 bridgehead atoms.